The van der Waals surface area contributed by atoms with Crippen molar-refractivity contribution >= 4 is 33.4 Å². The third kappa shape index (κ3) is 5.25. The van der Waals surface area contributed by atoms with Crippen molar-refractivity contribution in [2.75, 3.05) is 40.1 Å². The number of amides is 1. The predicted molar refractivity (Wildman–Crippen MR) is 133 cm³/mol. The highest BCUT2D eigenvalue weighted by molar-refractivity contribution is 7.16. The summed E-state index contributed by atoms with van der Waals surface area (Å²) < 4.78 is 35.8. The van der Waals surface area contributed by atoms with Gasteiger partial charge in [-0.15, -0.1) is 0 Å². The number of nitrogens with zero attached hydrogens (tertiary/aromatic N) is 2. The van der Waals surface area contributed by atoms with Gasteiger partial charge in [0.2, 0.25) is 5.75 Å². The van der Waals surface area contributed by atoms with Crippen LogP contribution < -0.4 is 28.5 Å². The summed E-state index contributed by atoms with van der Waals surface area (Å²) in [4.78, 5) is 30.2. The van der Waals surface area contributed by atoms with Gasteiger partial charge in [0.15, 0.2) is 27.8 Å². The van der Waals surface area contributed by atoms with E-state index in [0.717, 1.165) is 4.70 Å². The minimum Gasteiger partial charge on any atom is -0.490 e. The summed E-state index contributed by atoms with van der Waals surface area (Å²) in [6, 6.07) is 6.77. The van der Waals surface area contributed by atoms with Gasteiger partial charge in [-0.05, 0) is 32.9 Å². The minimum atomic E-state index is -0.526. The SMILES string of the molecule is CCOc1cc(C(=O)N=c2sc3cc4c(cc3n2CC(=O)OC)OCCO4)cc(OCC)c1OCC. The van der Waals surface area contributed by atoms with Gasteiger partial charge < -0.3 is 33.0 Å². The van der Waals surface area contributed by atoms with Crippen molar-refractivity contribution in [1.82, 2.24) is 4.57 Å². The molecule has 0 aliphatic carbocycles. The van der Waals surface area contributed by atoms with Gasteiger partial charge in [-0.1, -0.05) is 11.3 Å². The summed E-state index contributed by atoms with van der Waals surface area (Å²) >= 11 is 1.26. The molecule has 4 rings (SSSR count). The predicted octanol–water partition coefficient (Wildman–Crippen LogP) is 3.58. The van der Waals surface area contributed by atoms with Crippen LogP contribution in [0.2, 0.25) is 0 Å². The van der Waals surface area contributed by atoms with Crippen molar-refractivity contribution in [2.45, 2.75) is 27.3 Å². The molecule has 0 atom stereocenters. The Morgan fingerprint density at radius 2 is 1.56 bits per heavy atom. The molecule has 192 valence electrons. The maximum Gasteiger partial charge on any atom is 0.325 e. The third-order valence-corrected chi connectivity index (χ3v) is 6.26. The van der Waals surface area contributed by atoms with Gasteiger partial charge in [-0.25, -0.2) is 0 Å². The molecule has 1 aliphatic rings. The lowest BCUT2D eigenvalue weighted by Crippen LogP contribution is -2.22. The lowest BCUT2D eigenvalue weighted by molar-refractivity contribution is -0.141. The second kappa shape index (κ2) is 11.3. The number of rotatable bonds is 9. The average Bonchev–Trinajstić information content (AvgIpc) is 3.19. The van der Waals surface area contributed by atoms with Crippen molar-refractivity contribution in [3.8, 4) is 28.7 Å². The van der Waals surface area contributed by atoms with Crippen LogP contribution in [0.15, 0.2) is 29.3 Å². The molecule has 0 unspecified atom stereocenters. The third-order valence-electron chi connectivity index (χ3n) is 5.21. The second-order valence-electron chi connectivity index (χ2n) is 7.53. The topological polar surface area (TPSA) is 107 Å². The number of ether oxygens (including phenoxy) is 6. The quantitative estimate of drug-likeness (QED) is 0.397. The fourth-order valence-corrected chi connectivity index (χ4v) is 4.74. The van der Waals surface area contributed by atoms with Crippen LogP contribution in [0, 0.1) is 0 Å². The molecule has 0 bridgehead atoms. The highest BCUT2D eigenvalue weighted by Gasteiger charge is 2.21. The molecule has 1 aliphatic heterocycles. The molecule has 36 heavy (non-hydrogen) atoms. The first-order valence-corrected chi connectivity index (χ1v) is 12.5. The summed E-state index contributed by atoms with van der Waals surface area (Å²) in [6.45, 7) is 7.46. The summed E-state index contributed by atoms with van der Waals surface area (Å²) in [5, 5.41) is 0. The van der Waals surface area contributed by atoms with Crippen molar-refractivity contribution in [3.05, 3.63) is 34.6 Å². The molecule has 0 saturated heterocycles. The first-order chi connectivity index (χ1) is 17.5. The number of carbonyl (C=O) groups is 2. The van der Waals surface area contributed by atoms with Gasteiger partial charge in [0, 0.05) is 17.7 Å². The minimum absolute atomic E-state index is 0.125. The number of benzene rings is 2. The standard InChI is InChI=1S/C25H28N2O8S/c1-5-31-19-10-15(11-20(32-6-2)23(19)33-7-3)24(29)26-25-27(14-22(28)30-4)16-12-17-18(13-21(16)36-25)35-9-8-34-17/h10-13H,5-9,14H2,1-4H3. The molecule has 0 radical (unpaired) electrons. The van der Waals surface area contributed by atoms with E-state index in [1.54, 1.807) is 22.8 Å². The second-order valence-corrected chi connectivity index (χ2v) is 8.54. The lowest BCUT2D eigenvalue weighted by atomic mass is 10.1. The Labute approximate surface area is 212 Å². The van der Waals surface area contributed by atoms with Crippen LogP contribution in [0.3, 0.4) is 0 Å². The van der Waals surface area contributed by atoms with E-state index < -0.39 is 11.9 Å². The Morgan fingerprint density at radius 1 is 0.944 bits per heavy atom. The average molecular weight is 517 g/mol. The van der Waals surface area contributed by atoms with Crippen molar-refractivity contribution in [3.63, 3.8) is 0 Å². The van der Waals surface area contributed by atoms with Gasteiger partial charge >= 0.3 is 5.97 Å². The number of esters is 1. The summed E-state index contributed by atoms with van der Waals surface area (Å²) in [5.74, 6) is 1.39. The Morgan fingerprint density at radius 3 is 2.14 bits per heavy atom. The van der Waals surface area contributed by atoms with E-state index >= 15 is 0 Å². The summed E-state index contributed by atoms with van der Waals surface area (Å²) in [6.07, 6.45) is 0. The number of hydrogen-bond donors (Lipinski definition) is 0. The maximum atomic E-state index is 13.3. The van der Waals surface area contributed by atoms with E-state index in [1.807, 2.05) is 26.8 Å². The van der Waals surface area contributed by atoms with Crippen LogP contribution in [0.4, 0.5) is 0 Å². The molecule has 10 nitrogen and oxygen atoms in total. The number of methoxy groups -OCH3 is 1. The molecule has 2 heterocycles. The highest BCUT2D eigenvalue weighted by atomic mass is 32.1. The van der Waals surface area contributed by atoms with Crippen LogP contribution in [0.25, 0.3) is 10.2 Å². The zero-order valence-electron chi connectivity index (χ0n) is 20.6. The number of carbonyl (C=O) groups excluding carboxylic acids is 2. The highest BCUT2D eigenvalue weighted by Crippen LogP contribution is 2.39. The van der Waals surface area contributed by atoms with Crippen molar-refractivity contribution in [1.29, 1.82) is 0 Å². The van der Waals surface area contributed by atoms with E-state index in [4.69, 9.17) is 28.4 Å². The molecule has 3 aromatic rings. The number of aromatic nitrogens is 1. The van der Waals surface area contributed by atoms with Crippen molar-refractivity contribution in [2.24, 2.45) is 4.99 Å². The largest absolute Gasteiger partial charge is 0.490 e. The smallest absolute Gasteiger partial charge is 0.325 e. The van der Waals surface area contributed by atoms with Gasteiger partial charge in [-0.3, -0.25) is 9.59 Å². The molecule has 0 saturated carbocycles. The molecule has 1 amide bonds. The van der Waals surface area contributed by atoms with Gasteiger partial charge in [0.05, 0.1) is 37.1 Å². The molecule has 2 aromatic carbocycles. The van der Waals surface area contributed by atoms with E-state index in [-0.39, 0.29) is 12.1 Å². The molecule has 0 fully saturated rings. The molecule has 0 N–H and O–H groups in total. The van der Waals surface area contributed by atoms with Gasteiger partial charge in [0.25, 0.3) is 5.91 Å². The van der Waals surface area contributed by atoms with Gasteiger partial charge in [0.1, 0.15) is 19.8 Å². The monoisotopic (exact) mass is 516 g/mol. The zero-order chi connectivity index (χ0) is 25.7. The van der Waals surface area contributed by atoms with Gasteiger partial charge in [-0.2, -0.15) is 4.99 Å². The Balaban J connectivity index is 1.84. The summed E-state index contributed by atoms with van der Waals surface area (Å²) in [5.41, 5.74) is 0.941. The first kappa shape index (κ1) is 25.4. The van der Waals surface area contributed by atoms with Crippen LogP contribution in [-0.2, 0) is 16.1 Å². The summed E-state index contributed by atoms with van der Waals surface area (Å²) in [7, 11) is 1.31. The first-order valence-electron chi connectivity index (χ1n) is 11.6. The molecule has 0 spiro atoms. The lowest BCUT2D eigenvalue weighted by Gasteiger charge is -2.18. The van der Waals surface area contributed by atoms with E-state index in [0.29, 0.717) is 72.1 Å². The van der Waals surface area contributed by atoms with Crippen LogP contribution in [0.5, 0.6) is 28.7 Å². The molecule has 11 heteroatoms. The number of hydrogen-bond acceptors (Lipinski definition) is 9. The maximum absolute atomic E-state index is 13.3. The van der Waals surface area contributed by atoms with Crippen LogP contribution in [0.1, 0.15) is 31.1 Å². The van der Waals surface area contributed by atoms with Crippen molar-refractivity contribution < 1.29 is 38.0 Å². The van der Waals surface area contributed by atoms with Crippen LogP contribution in [-0.4, -0.2) is 56.6 Å². The number of thiazole rings is 1. The van der Waals surface area contributed by atoms with E-state index in [1.165, 1.54) is 18.4 Å². The van der Waals surface area contributed by atoms with Crippen LogP contribution >= 0.6 is 11.3 Å². The Kier molecular flexibility index (Phi) is 7.99. The number of fused-ring (bicyclic) bond motifs is 2. The zero-order valence-corrected chi connectivity index (χ0v) is 21.4. The molecule has 1 aromatic heterocycles. The Bertz CT molecular complexity index is 1320. The normalized spacial score (nSPS) is 12.9. The van der Waals surface area contributed by atoms with E-state index in [9.17, 15) is 9.59 Å². The fraction of sp³-hybridized carbons (Fsp3) is 0.400. The Hall–Kier alpha value is -3.73. The molecular weight excluding hydrogens is 488 g/mol. The molecular formula is C25H28N2O8S. The fourth-order valence-electron chi connectivity index (χ4n) is 3.70. The van der Waals surface area contributed by atoms with E-state index in [2.05, 4.69) is 4.99 Å².